The molecule has 1 aromatic carbocycles. The Morgan fingerprint density at radius 1 is 1.28 bits per heavy atom. The highest BCUT2D eigenvalue weighted by molar-refractivity contribution is 7.15. The molecule has 32 heavy (non-hydrogen) atoms. The first-order chi connectivity index (χ1) is 15.5. The van der Waals surface area contributed by atoms with E-state index < -0.39 is 11.4 Å². The Hall–Kier alpha value is -3.13. The number of ether oxygens (including phenoxy) is 1. The van der Waals surface area contributed by atoms with Crippen LogP contribution in [0.2, 0.25) is 0 Å². The SMILES string of the molecule is CCON=C1CCc2sc(-c3ccc4c(=O)c(C(=O)O)c(OC)n(C5CC5)c4c3)cc2C1. The third-order valence-electron chi connectivity index (χ3n) is 6.02. The van der Waals surface area contributed by atoms with E-state index in [0.29, 0.717) is 12.0 Å². The van der Waals surface area contributed by atoms with E-state index in [1.807, 2.05) is 23.6 Å². The van der Waals surface area contributed by atoms with E-state index in [1.165, 1.54) is 17.6 Å². The number of aromatic carboxylic acids is 1. The molecule has 0 saturated heterocycles. The Kier molecular flexibility index (Phi) is 5.25. The number of fused-ring (bicyclic) bond motifs is 2. The summed E-state index contributed by atoms with van der Waals surface area (Å²) in [5.74, 6) is -1.13. The quantitative estimate of drug-likeness (QED) is 0.550. The molecule has 5 rings (SSSR count). The number of thiophene rings is 1. The largest absolute Gasteiger partial charge is 0.481 e. The van der Waals surface area contributed by atoms with Gasteiger partial charge in [0.05, 0.1) is 18.3 Å². The van der Waals surface area contributed by atoms with Gasteiger partial charge in [0.1, 0.15) is 6.61 Å². The van der Waals surface area contributed by atoms with Gasteiger partial charge in [-0.25, -0.2) is 4.79 Å². The Labute approximate surface area is 188 Å². The van der Waals surface area contributed by atoms with Gasteiger partial charge < -0.3 is 19.2 Å². The molecular formula is C24H24N2O5S. The van der Waals surface area contributed by atoms with Gasteiger partial charge in [-0.2, -0.15) is 0 Å². The monoisotopic (exact) mass is 452 g/mol. The predicted octanol–water partition coefficient (Wildman–Crippen LogP) is 4.65. The number of carboxylic acids is 1. The minimum atomic E-state index is -1.26. The summed E-state index contributed by atoms with van der Waals surface area (Å²) in [6, 6.07) is 8.00. The molecule has 2 aromatic heterocycles. The van der Waals surface area contributed by atoms with Crippen LogP contribution in [0.4, 0.5) is 0 Å². The number of rotatable bonds is 6. The molecule has 8 heteroatoms. The lowest BCUT2D eigenvalue weighted by Gasteiger charge is -2.18. The number of methoxy groups -OCH3 is 1. The minimum Gasteiger partial charge on any atom is -0.481 e. The average molecular weight is 453 g/mol. The number of aryl methyl sites for hydroxylation is 1. The van der Waals surface area contributed by atoms with Crippen molar-refractivity contribution >= 4 is 33.9 Å². The summed E-state index contributed by atoms with van der Waals surface area (Å²) in [7, 11) is 1.42. The van der Waals surface area contributed by atoms with E-state index >= 15 is 0 Å². The van der Waals surface area contributed by atoms with Crippen LogP contribution in [0.25, 0.3) is 21.3 Å². The second-order valence-corrected chi connectivity index (χ2v) is 9.30. The zero-order chi connectivity index (χ0) is 22.4. The van der Waals surface area contributed by atoms with E-state index in [-0.39, 0.29) is 17.5 Å². The van der Waals surface area contributed by atoms with Crippen molar-refractivity contribution in [3.05, 3.63) is 50.5 Å². The summed E-state index contributed by atoms with van der Waals surface area (Å²) < 4.78 is 7.34. The maximum atomic E-state index is 13.0. The summed E-state index contributed by atoms with van der Waals surface area (Å²) in [6.07, 6.45) is 4.52. The van der Waals surface area contributed by atoms with Crippen LogP contribution in [0.3, 0.4) is 0 Å². The Bertz CT molecular complexity index is 1320. The van der Waals surface area contributed by atoms with E-state index in [9.17, 15) is 14.7 Å². The molecule has 0 radical (unpaired) electrons. The Morgan fingerprint density at radius 3 is 2.78 bits per heavy atom. The zero-order valence-corrected chi connectivity index (χ0v) is 18.8. The van der Waals surface area contributed by atoms with Crippen molar-refractivity contribution in [2.45, 2.75) is 45.1 Å². The number of carbonyl (C=O) groups is 1. The number of nitrogens with zero attached hydrogens (tertiary/aromatic N) is 2. The molecule has 1 saturated carbocycles. The van der Waals surface area contributed by atoms with Crippen LogP contribution in [0.15, 0.2) is 34.2 Å². The third-order valence-corrected chi connectivity index (χ3v) is 7.31. The first-order valence-corrected chi connectivity index (χ1v) is 11.6. The van der Waals surface area contributed by atoms with Crippen molar-refractivity contribution < 1.29 is 19.5 Å². The minimum absolute atomic E-state index is 0.136. The molecular weight excluding hydrogens is 428 g/mol. The second-order valence-electron chi connectivity index (χ2n) is 8.16. The lowest BCUT2D eigenvalue weighted by Crippen LogP contribution is -2.21. The molecule has 0 bridgehead atoms. The normalized spacial score (nSPS) is 16.9. The van der Waals surface area contributed by atoms with Gasteiger partial charge in [0, 0.05) is 27.6 Å². The van der Waals surface area contributed by atoms with Crippen molar-refractivity contribution in [3.8, 4) is 16.3 Å². The summed E-state index contributed by atoms with van der Waals surface area (Å²) in [5, 5.41) is 14.3. The summed E-state index contributed by atoms with van der Waals surface area (Å²) in [4.78, 5) is 32.5. The van der Waals surface area contributed by atoms with Crippen LogP contribution in [-0.4, -0.2) is 35.1 Å². The molecule has 0 aliphatic heterocycles. The van der Waals surface area contributed by atoms with E-state index in [2.05, 4.69) is 11.2 Å². The van der Waals surface area contributed by atoms with Crippen LogP contribution in [0, 0.1) is 0 Å². The number of hydrogen-bond donors (Lipinski definition) is 1. The fraction of sp³-hybridized carbons (Fsp3) is 0.375. The topological polar surface area (TPSA) is 90.1 Å². The van der Waals surface area contributed by atoms with Crippen molar-refractivity contribution in [1.29, 1.82) is 0 Å². The third kappa shape index (κ3) is 3.48. The average Bonchev–Trinajstić information content (AvgIpc) is 3.54. The van der Waals surface area contributed by atoms with Gasteiger partial charge in [0.25, 0.3) is 0 Å². The van der Waals surface area contributed by atoms with Gasteiger partial charge in [-0.15, -0.1) is 11.3 Å². The van der Waals surface area contributed by atoms with Crippen molar-refractivity contribution in [3.63, 3.8) is 0 Å². The van der Waals surface area contributed by atoms with Crippen LogP contribution in [0.1, 0.15) is 53.0 Å². The summed E-state index contributed by atoms with van der Waals surface area (Å²) in [5.41, 5.74) is 3.27. The molecule has 0 spiro atoms. The molecule has 2 heterocycles. The summed E-state index contributed by atoms with van der Waals surface area (Å²) >= 11 is 1.77. The van der Waals surface area contributed by atoms with Gasteiger partial charge in [0.15, 0.2) is 5.56 Å². The van der Waals surface area contributed by atoms with Gasteiger partial charge in [0.2, 0.25) is 11.3 Å². The fourth-order valence-corrected chi connectivity index (χ4v) is 5.57. The molecule has 1 fully saturated rings. The Balaban J connectivity index is 1.63. The molecule has 1 N–H and O–H groups in total. The van der Waals surface area contributed by atoms with Crippen molar-refractivity contribution in [1.82, 2.24) is 4.57 Å². The maximum absolute atomic E-state index is 13.0. The Morgan fingerprint density at radius 2 is 2.09 bits per heavy atom. The second kappa shape index (κ2) is 8.09. The van der Waals surface area contributed by atoms with Crippen LogP contribution in [0.5, 0.6) is 5.88 Å². The number of aromatic nitrogens is 1. The van der Waals surface area contributed by atoms with Gasteiger partial charge >= 0.3 is 5.97 Å². The molecule has 3 aromatic rings. The van der Waals surface area contributed by atoms with Crippen LogP contribution < -0.4 is 10.2 Å². The number of pyridine rings is 1. The predicted molar refractivity (Wildman–Crippen MR) is 124 cm³/mol. The highest BCUT2D eigenvalue weighted by atomic mass is 32.1. The van der Waals surface area contributed by atoms with E-state index in [1.54, 1.807) is 17.4 Å². The van der Waals surface area contributed by atoms with Gasteiger partial charge in [-0.1, -0.05) is 11.2 Å². The highest BCUT2D eigenvalue weighted by Gasteiger charge is 2.32. The molecule has 2 aliphatic rings. The fourth-order valence-electron chi connectivity index (χ4n) is 4.39. The van der Waals surface area contributed by atoms with Crippen LogP contribution in [-0.2, 0) is 17.7 Å². The lowest BCUT2D eigenvalue weighted by atomic mass is 9.96. The maximum Gasteiger partial charge on any atom is 0.345 e. The van der Waals surface area contributed by atoms with E-state index in [4.69, 9.17) is 9.57 Å². The zero-order valence-electron chi connectivity index (χ0n) is 18.0. The molecule has 0 amide bonds. The first-order valence-electron chi connectivity index (χ1n) is 10.8. The number of benzene rings is 1. The number of hydrogen-bond acceptors (Lipinski definition) is 6. The summed E-state index contributed by atoms with van der Waals surface area (Å²) in [6.45, 7) is 2.49. The van der Waals surface area contributed by atoms with Crippen molar-refractivity contribution in [2.24, 2.45) is 5.16 Å². The van der Waals surface area contributed by atoms with Crippen LogP contribution >= 0.6 is 11.3 Å². The smallest absolute Gasteiger partial charge is 0.345 e. The molecule has 0 atom stereocenters. The lowest BCUT2D eigenvalue weighted by molar-refractivity contribution is 0.0690. The standard InChI is InChI=1S/C24H24N2O5S/c1-3-31-25-15-5-9-19-14(10-15)12-20(32-19)13-4-8-17-18(11-13)26(16-6-7-16)23(30-2)21(22(17)27)24(28)29/h4,8,11-12,16H,3,5-7,9-10H2,1-2H3,(H,28,29). The van der Waals surface area contributed by atoms with Crippen molar-refractivity contribution in [2.75, 3.05) is 13.7 Å². The van der Waals surface area contributed by atoms with E-state index in [0.717, 1.165) is 53.8 Å². The van der Waals surface area contributed by atoms with Gasteiger partial charge in [-0.3, -0.25) is 4.79 Å². The first kappa shape index (κ1) is 20.8. The molecule has 7 nitrogen and oxygen atoms in total. The molecule has 166 valence electrons. The highest BCUT2D eigenvalue weighted by Crippen LogP contribution is 2.42. The molecule has 0 unspecified atom stereocenters. The number of carboxylic acid groups (broad SMARTS) is 1. The number of oxime groups is 1. The van der Waals surface area contributed by atoms with Gasteiger partial charge in [-0.05, 0) is 61.9 Å². The molecule has 2 aliphatic carbocycles.